The monoisotopic (exact) mass is 356 g/mol. The van der Waals surface area contributed by atoms with Crippen molar-refractivity contribution in [1.29, 1.82) is 0 Å². The number of ether oxygens (including phenoxy) is 1. The number of nitrogens with one attached hydrogen (secondary N) is 2. The highest BCUT2D eigenvalue weighted by Crippen LogP contribution is 2.33. The van der Waals surface area contributed by atoms with Gasteiger partial charge in [0.25, 0.3) is 0 Å². The van der Waals surface area contributed by atoms with Gasteiger partial charge < -0.3 is 26.0 Å². The van der Waals surface area contributed by atoms with Crippen LogP contribution in [0.15, 0.2) is 36.4 Å². The quantitative estimate of drug-likeness (QED) is 0.788. The van der Waals surface area contributed by atoms with Crippen LogP contribution in [0, 0.1) is 6.92 Å². The maximum atomic E-state index is 13.0. The minimum absolute atomic E-state index is 0.140. The smallest absolute Gasteiger partial charge is 0.244 e. The van der Waals surface area contributed by atoms with Crippen LogP contribution in [-0.4, -0.2) is 37.8 Å². The number of benzene rings is 2. The molecule has 0 aliphatic carbocycles. The van der Waals surface area contributed by atoms with E-state index in [-0.39, 0.29) is 12.5 Å². The number of nitrogens with two attached hydrogens (primary N) is 1. The molecule has 0 unspecified atom stereocenters. The molecule has 2 heterocycles. The number of fused-ring (bicyclic) bond motifs is 1. The summed E-state index contributed by atoms with van der Waals surface area (Å²) in [6, 6.07) is 10.8. The van der Waals surface area contributed by atoms with Crippen LogP contribution in [0.1, 0.15) is 5.56 Å². The molecule has 2 aliphatic heterocycles. The van der Waals surface area contributed by atoms with E-state index in [0.717, 1.165) is 22.6 Å². The van der Waals surface area contributed by atoms with Crippen molar-refractivity contribution in [2.24, 2.45) is 5.73 Å². The van der Waals surface area contributed by atoms with Gasteiger partial charge in [0.1, 0.15) is 24.6 Å². The average Bonchev–Trinajstić information content (AvgIpc) is 2.73. The molecule has 1 saturated heterocycles. The summed E-state index contributed by atoms with van der Waals surface area (Å²) in [5, 5.41) is 6.12. The molecular weight excluding hydrogens is 335 g/mol. The molecule has 4 rings (SSSR count). The number of carbonyl (C=O) groups is 1. The Morgan fingerprint density at radius 1 is 1.27 bits per heavy atom. The molecule has 0 saturated carbocycles. The Kier molecular flexibility index (Phi) is 4.16. The van der Waals surface area contributed by atoms with Gasteiger partial charge in [0.15, 0.2) is 0 Å². The van der Waals surface area contributed by atoms with Crippen LogP contribution in [0.4, 0.5) is 27.1 Å². The van der Waals surface area contributed by atoms with Gasteiger partial charge in [0.2, 0.25) is 5.91 Å². The molecule has 7 heteroatoms. The number of rotatable bonds is 3. The molecule has 0 radical (unpaired) electrons. The van der Waals surface area contributed by atoms with E-state index < -0.39 is 12.2 Å². The van der Waals surface area contributed by atoms with Crippen LogP contribution in [0.5, 0.6) is 5.75 Å². The maximum absolute atomic E-state index is 13.0. The second-order valence-corrected chi connectivity index (χ2v) is 6.74. The van der Waals surface area contributed by atoms with Crippen molar-refractivity contribution in [3.63, 3.8) is 0 Å². The highest BCUT2D eigenvalue weighted by atomic mass is 19.1. The second-order valence-electron chi connectivity index (χ2n) is 6.74. The van der Waals surface area contributed by atoms with E-state index in [1.54, 1.807) is 6.07 Å². The number of hydrogen-bond acceptors (Lipinski definition) is 5. The molecule has 2 aromatic rings. The number of nitrogens with zero attached hydrogens (tertiary/aromatic N) is 1. The topological polar surface area (TPSA) is 79.6 Å². The van der Waals surface area contributed by atoms with Gasteiger partial charge in [0.05, 0.1) is 18.8 Å². The first-order chi connectivity index (χ1) is 12.5. The Bertz CT molecular complexity index is 851. The van der Waals surface area contributed by atoms with Crippen LogP contribution in [-0.2, 0) is 4.79 Å². The lowest BCUT2D eigenvalue weighted by Gasteiger charge is -2.36. The lowest BCUT2D eigenvalue weighted by molar-refractivity contribution is -0.117. The molecule has 0 aromatic heterocycles. The molecule has 4 N–H and O–H groups in total. The van der Waals surface area contributed by atoms with Crippen molar-refractivity contribution < 1.29 is 13.9 Å². The molecule has 0 spiro atoms. The summed E-state index contributed by atoms with van der Waals surface area (Å²) in [5.41, 5.74) is 10.2. The highest BCUT2D eigenvalue weighted by Gasteiger charge is 2.26. The predicted molar refractivity (Wildman–Crippen MR) is 100 cm³/mol. The van der Waals surface area contributed by atoms with Gasteiger partial charge in [-0.1, -0.05) is 0 Å². The molecule has 1 amide bonds. The molecule has 26 heavy (non-hydrogen) atoms. The van der Waals surface area contributed by atoms with Crippen molar-refractivity contribution in [3.8, 4) is 5.75 Å². The highest BCUT2D eigenvalue weighted by molar-refractivity contribution is 5.97. The van der Waals surface area contributed by atoms with E-state index in [4.69, 9.17) is 10.5 Å². The average molecular weight is 356 g/mol. The van der Waals surface area contributed by atoms with E-state index in [9.17, 15) is 9.18 Å². The van der Waals surface area contributed by atoms with Crippen LogP contribution in [0.3, 0.4) is 0 Å². The van der Waals surface area contributed by atoms with Crippen molar-refractivity contribution in [3.05, 3.63) is 42.0 Å². The van der Waals surface area contributed by atoms with E-state index in [0.29, 0.717) is 24.5 Å². The van der Waals surface area contributed by atoms with Gasteiger partial charge in [-0.05, 0) is 42.8 Å². The fraction of sp³-hybridized carbons (Fsp3) is 0.316. The summed E-state index contributed by atoms with van der Waals surface area (Å²) in [5.74, 6) is 0.331. The Labute approximate surface area is 151 Å². The molecular formula is C19H21FN4O2. The lowest BCUT2D eigenvalue weighted by atomic mass is 10.1. The van der Waals surface area contributed by atoms with Crippen LogP contribution in [0.2, 0.25) is 0 Å². The fourth-order valence-corrected chi connectivity index (χ4v) is 3.08. The van der Waals surface area contributed by atoms with E-state index >= 15 is 0 Å². The van der Waals surface area contributed by atoms with E-state index in [1.807, 2.05) is 42.2 Å². The number of aryl methyl sites for hydroxylation is 1. The normalized spacial score (nSPS) is 19.7. The van der Waals surface area contributed by atoms with Gasteiger partial charge in [-0.3, -0.25) is 4.79 Å². The Morgan fingerprint density at radius 3 is 2.81 bits per heavy atom. The minimum Gasteiger partial charge on any atom is -0.489 e. The summed E-state index contributed by atoms with van der Waals surface area (Å²) < 4.78 is 18.7. The summed E-state index contributed by atoms with van der Waals surface area (Å²) in [6.07, 6.45) is -0.721. The van der Waals surface area contributed by atoms with Crippen LogP contribution < -0.4 is 26.0 Å². The molecule has 1 fully saturated rings. The first-order valence-electron chi connectivity index (χ1n) is 8.59. The van der Waals surface area contributed by atoms with E-state index in [2.05, 4.69) is 10.6 Å². The number of halogens is 1. The van der Waals surface area contributed by atoms with Crippen molar-refractivity contribution in [1.82, 2.24) is 0 Å². The standard InChI is InChI=1S/C19H21FN4O2/c1-11-6-14(24-8-12(20)9-24)3-5-16(11)22-13-2-4-17-18(7-13)26-10-15(21)19(25)23-17/h2-7,12,15,22H,8-10,21H2,1H3,(H,23,25)/t15-/m0/s1. The largest absolute Gasteiger partial charge is 0.489 e. The third-order valence-electron chi connectivity index (χ3n) is 4.69. The Morgan fingerprint density at radius 2 is 2.08 bits per heavy atom. The summed E-state index contributed by atoms with van der Waals surface area (Å²) in [7, 11) is 0. The lowest BCUT2D eigenvalue weighted by Crippen LogP contribution is -2.48. The Hall–Kier alpha value is -2.80. The summed E-state index contributed by atoms with van der Waals surface area (Å²) in [4.78, 5) is 13.8. The maximum Gasteiger partial charge on any atom is 0.244 e. The zero-order valence-electron chi connectivity index (χ0n) is 14.5. The second kappa shape index (κ2) is 6.49. The molecule has 0 bridgehead atoms. The van der Waals surface area contributed by atoms with Crippen molar-refractivity contribution >= 4 is 28.7 Å². The van der Waals surface area contributed by atoms with Gasteiger partial charge in [-0.2, -0.15) is 0 Å². The van der Waals surface area contributed by atoms with Gasteiger partial charge >= 0.3 is 0 Å². The number of alkyl halides is 1. The first-order valence-corrected chi connectivity index (χ1v) is 8.59. The van der Waals surface area contributed by atoms with Crippen LogP contribution >= 0.6 is 0 Å². The third kappa shape index (κ3) is 3.17. The SMILES string of the molecule is Cc1cc(N2CC(F)C2)ccc1Nc1ccc2c(c1)OC[C@H](N)C(=O)N2. The fourth-order valence-electron chi connectivity index (χ4n) is 3.08. The Balaban J connectivity index is 1.52. The predicted octanol–water partition coefficient (Wildman–Crippen LogP) is 2.55. The summed E-state index contributed by atoms with van der Waals surface area (Å²) >= 11 is 0. The molecule has 6 nitrogen and oxygen atoms in total. The molecule has 136 valence electrons. The van der Waals surface area contributed by atoms with Crippen molar-refractivity contribution in [2.75, 3.05) is 35.2 Å². The van der Waals surface area contributed by atoms with E-state index in [1.165, 1.54) is 0 Å². The minimum atomic E-state index is -0.721. The summed E-state index contributed by atoms with van der Waals surface area (Å²) in [6.45, 7) is 3.07. The van der Waals surface area contributed by atoms with Gasteiger partial charge in [-0.25, -0.2) is 4.39 Å². The number of anilines is 4. The van der Waals surface area contributed by atoms with Crippen LogP contribution in [0.25, 0.3) is 0 Å². The zero-order valence-corrected chi connectivity index (χ0v) is 14.5. The molecule has 2 aromatic carbocycles. The molecule has 1 atom stereocenters. The number of hydrogen-bond donors (Lipinski definition) is 3. The number of amides is 1. The van der Waals surface area contributed by atoms with Crippen molar-refractivity contribution in [2.45, 2.75) is 19.1 Å². The third-order valence-corrected chi connectivity index (χ3v) is 4.69. The zero-order chi connectivity index (χ0) is 18.3. The van der Waals surface area contributed by atoms with Gasteiger partial charge in [0, 0.05) is 23.1 Å². The first kappa shape index (κ1) is 16.7. The molecule has 2 aliphatic rings. The number of carbonyl (C=O) groups excluding carboxylic acids is 1. The van der Waals surface area contributed by atoms with Gasteiger partial charge in [-0.15, -0.1) is 0 Å².